The Balaban J connectivity index is 1.06. The number of benzene rings is 10. The van der Waals surface area contributed by atoms with Crippen molar-refractivity contribution in [2.75, 3.05) is 4.90 Å². The van der Waals surface area contributed by atoms with Crippen LogP contribution in [0, 0.1) is 0 Å². The summed E-state index contributed by atoms with van der Waals surface area (Å²) >= 11 is 1.88. The minimum Gasteiger partial charge on any atom is -0.310 e. The molecule has 1 aromatic heterocycles. The van der Waals surface area contributed by atoms with Crippen LogP contribution < -0.4 is 4.90 Å². The van der Waals surface area contributed by atoms with Crippen LogP contribution in [0.4, 0.5) is 17.1 Å². The van der Waals surface area contributed by atoms with Crippen molar-refractivity contribution in [2.45, 2.75) is 0 Å². The van der Waals surface area contributed by atoms with Crippen LogP contribution in [-0.2, 0) is 0 Å². The van der Waals surface area contributed by atoms with Gasteiger partial charge in [-0.1, -0.05) is 170 Å². The third-order valence-corrected chi connectivity index (χ3v) is 12.5. The van der Waals surface area contributed by atoms with Crippen molar-refractivity contribution >= 4 is 80.9 Å². The summed E-state index contributed by atoms with van der Waals surface area (Å²) in [6.07, 6.45) is 0. The second-order valence-corrected chi connectivity index (χ2v) is 15.5. The number of thiophene rings is 1. The summed E-state index contributed by atoms with van der Waals surface area (Å²) in [6, 6.07) is 77.6. The number of anilines is 3. The molecule has 0 spiro atoms. The maximum absolute atomic E-state index is 2.40. The van der Waals surface area contributed by atoms with Crippen LogP contribution in [0.2, 0.25) is 0 Å². The maximum atomic E-state index is 2.40. The zero-order chi connectivity index (χ0) is 37.0. The SMILES string of the molecule is c1ccc(-c2ccccc2N(c2ccc(-c3cc4c5ccccc5ccc4c4ccccc34)cc2)c2ccc(-c3cccc4c3sc3ccccc34)cc2)cc1. The van der Waals surface area contributed by atoms with Crippen molar-refractivity contribution in [2.24, 2.45) is 0 Å². The van der Waals surface area contributed by atoms with Gasteiger partial charge in [0.1, 0.15) is 0 Å². The zero-order valence-electron chi connectivity index (χ0n) is 30.6. The average Bonchev–Trinajstić information content (AvgIpc) is 3.66. The minimum atomic E-state index is 1.10. The highest BCUT2D eigenvalue weighted by Crippen LogP contribution is 2.45. The van der Waals surface area contributed by atoms with Crippen molar-refractivity contribution in [3.8, 4) is 33.4 Å². The van der Waals surface area contributed by atoms with E-state index in [1.165, 1.54) is 85.9 Å². The number of nitrogens with zero attached hydrogens (tertiary/aromatic N) is 1. The van der Waals surface area contributed by atoms with E-state index in [1.54, 1.807) is 0 Å². The van der Waals surface area contributed by atoms with Crippen molar-refractivity contribution in [1.29, 1.82) is 0 Å². The van der Waals surface area contributed by atoms with Gasteiger partial charge in [0, 0.05) is 37.1 Å². The van der Waals surface area contributed by atoms with E-state index in [9.17, 15) is 0 Å². The lowest BCUT2D eigenvalue weighted by atomic mass is 9.91. The molecular weight excluding hydrogens is 695 g/mol. The Morgan fingerprint density at radius 2 is 0.857 bits per heavy atom. The summed E-state index contributed by atoms with van der Waals surface area (Å²) in [6.45, 7) is 0. The standard InChI is InChI=1S/C54H35NS/c1-2-13-36(14-3-1)43-17-8-10-23-52(43)55(40-30-25-38(26-31-40)44-21-12-22-49-48-20-9-11-24-53(48)56-54(44)49)41-32-27-39(28-33-41)50-35-51-42-16-5-4-15-37(42)29-34-47(51)45-18-6-7-19-46(45)50/h1-35H. The van der Waals surface area contributed by atoms with Gasteiger partial charge in [0.2, 0.25) is 0 Å². The lowest BCUT2D eigenvalue weighted by Gasteiger charge is -2.28. The van der Waals surface area contributed by atoms with Gasteiger partial charge in [0.25, 0.3) is 0 Å². The first-order valence-electron chi connectivity index (χ1n) is 19.2. The summed E-state index contributed by atoms with van der Waals surface area (Å²) < 4.78 is 2.65. The number of rotatable bonds is 6. The smallest absolute Gasteiger partial charge is 0.0540 e. The predicted octanol–water partition coefficient (Wildman–Crippen LogP) is 16.0. The summed E-state index contributed by atoms with van der Waals surface area (Å²) in [5, 5.41) is 10.3. The molecule has 0 radical (unpaired) electrons. The van der Waals surface area contributed by atoms with E-state index in [4.69, 9.17) is 0 Å². The lowest BCUT2D eigenvalue weighted by molar-refractivity contribution is 1.28. The normalized spacial score (nSPS) is 11.6. The number of fused-ring (bicyclic) bond motifs is 8. The molecule has 0 N–H and O–H groups in total. The molecule has 56 heavy (non-hydrogen) atoms. The van der Waals surface area contributed by atoms with Gasteiger partial charge in [-0.3, -0.25) is 0 Å². The molecule has 0 amide bonds. The largest absolute Gasteiger partial charge is 0.310 e. The Bertz CT molecular complexity index is 3230. The molecule has 10 aromatic carbocycles. The van der Waals surface area contributed by atoms with Gasteiger partial charge >= 0.3 is 0 Å². The lowest BCUT2D eigenvalue weighted by Crippen LogP contribution is -2.11. The monoisotopic (exact) mass is 729 g/mol. The van der Waals surface area contributed by atoms with E-state index in [1.807, 2.05) is 11.3 Å². The van der Waals surface area contributed by atoms with Crippen LogP contribution in [-0.4, -0.2) is 0 Å². The van der Waals surface area contributed by atoms with Gasteiger partial charge in [0.15, 0.2) is 0 Å². The molecule has 0 aliphatic rings. The number of hydrogen-bond acceptors (Lipinski definition) is 2. The summed E-state index contributed by atoms with van der Waals surface area (Å²) in [7, 11) is 0. The van der Waals surface area contributed by atoms with Crippen molar-refractivity contribution in [1.82, 2.24) is 0 Å². The van der Waals surface area contributed by atoms with Crippen LogP contribution in [0.5, 0.6) is 0 Å². The molecule has 0 aliphatic heterocycles. The van der Waals surface area contributed by atoms with E-state index in [-0.39, 0.29) is 0 Å². The molecule has 1 heterocycles. The van der Waals surface area contributed by atoms with Crippen LogP contribution in [0.15, 0.2) is 212 Å². The molecule has 0 fully saturated rings. The van der Waals surface area contributed by atoms with Crippen LogP contribution in [0.3, 0.4) is 0 Å². The highest BCUT2D eigenvalue weighted by Gasteiger charge is 2.19. The Morgan fingerprint density at radius 3 is 1.64 bits per heavy atom. The first-order chi connectivity index (χ1) is 27.8. The first kappa shape index (κ1) is 32.4. The van der Waals surface area contributed by atoms with E-state index in [0.717, 1.165) is 17.1 Å². The molecule has 262 valence electrons. The van der Waals surface area contributed by atoms with Crippen LogP contribution in [0.1, 0.15) is 0 Å². The highest BCUT2D eigenvalue weighted by atomic mass is 32.1. The second kappa shape index (κ2) is 13.4. The molecule has 0 aliphatic carbocycles. The number of para-hydroxylation sites is 1. The van der Waals surface area contributed by atoms with E-state index >= 15 is 0 Å². The number of hydrogen-bond donors (Lipinski definition) is 0. The van der Waals surface area contributed by atoms with E-state index < -0.39 is 0 Å². The van der Waals surface area contributed by atoms with Gasteiger partial charge < -0.3 is 4.90 Å². The minimum absolute atomic E-state index is 1.10. The summed E-state index contributed by atoms with van der Waals surface area (Å²) in [5.74, 6) is 0. The molecule has 0 saturated heterocycles. The van der Waals surface area contributed by atoms with Gasteiger partial charge in [-0.25, -0.2) is 0 Å². The fourth-order valence-corrected chi connectivity index (χ4v) is 9.85. The highest BCUT2D eigenvalue weighted by molar-refractivity contribution is 7.26. The van der Waals surface area contributed by atoms with Crippen molar-refractivity contribution in [3.05, 3.63) is 212 Å². The van der Waals surface area contributed by atoms with Crippen LogP contribution >= 0.6 is 11.3 Å². The van der Waals surface area contributed by atoms with E-state index in [2.05, 4.69) is 217 Å². The van der Waals surface area contributed by atoms with Gasteiger partial charge in [-0.2, -0.15) is 0 Å². The molecule has 0 unspecified atom stereocenters. The molecule has 0 bridgehead atoms. The first-order valence-corrected chi connectivity index (χ1v) is 20.0. The summed E-state index contributed by atoms with van der Waals surface area (Å²) in [4.78, 5) is 2.40. The topological polar surface area (TPSA) is 3.24 Å². The zero-order valence-corrected chi connectivity index (χ0v) is 31.4. The summed E-state index contributed by atoms with van der Waals surface area (Å²) in [5.41, 5.74) is 10.6. The average molecular weight is 730 g/mol. The third-order valence-electron chi connectivity index (χ3n) is 11.3. The predicted molar refractivity (Wildman–Crippen MR) is 243 cm³/mol. The maximum Gasteiger partial charge on any atom is 0.0540 e. The van der Waals surface area contributed by atoms with E-state index in [0.29, 0.717) is 0 Å². The molecule has 0 atom stereocenters. The fourth-order valence-electron chi connectivity index (χ4n) is 8.61. The quantitative estimate of drug-likeness (QED) is 0.154. The van der Waals surface area contributed by atoms with Gasteiger partial charge in [0.05, 0.1) is 5.69 Å². The Kier molecular flexibility index (Phi) is 7.75. The second-order valence-electron chi connectivity index (χ2n) is 14.4. The van der Waals surface area contributed by atoms with Crippen molar-refractivity contribution < 1.29 is 0 Å². The molecule has 0 saturated carbocycles. The van der Waals surface area contributed by atoms with Crippen molar-refractivity contribution in [3.63, 3.8) is 0 Å². The van der Waals surface area contributed by atoms with Gasteiger partial charge in [-0.05, 0) is 103 Å². The Labute approximate surface area is 330 Å². The van der Waals surface area contributed by atoms with Gasteiger partial charge in [-0.15, -0.1) is 11.3 Å². The molecular formula is C54H35NS. The third kappa shape index (κ3) is 5.38. The Morgan fingerprint density at radius 1 is 0.304 bits per heavy atom. The molecule has 11 rings (SSSR count). The van der Waals surface area contributed by atoms with Crippen LogP contribution in [0.25, 0.3) is 85.9 Å². The molecule has 1 nitrogen and oxygen atoms in total. The molecule has 11 aromatic rings. The molecule has 2 heteroatoms. The fraction of sp³-hybridized carbons (Fsp3) is 0. The Hall–Kier alpha value is -7.00.